The van der Waals surface area contributed by atoms with Crippen LogP contribution >= 0.6 is 0 Å². The van der Waals surface area contributed by atoms with Gasteiger partial charge >= 0.3 is 11.9 Å². The average molecular weight is 244 g/mol. The summed E-state index contributed by atoms with van der Waals surface area (Å²) in [5.74, 6) is -0.550. The lowest BCUT2D eigenvalue weighted by molar-refractivity contribution is -0.252. The summed E-state index contributed by atoms with van der Waals surface area (Å²) >= 11 is 0. The van der Waals surface area contributed by atoms with Gasteiger partial charge < -0.3 is 14.2 Å². The minimum absolute atomic E-state index is 0.0335. The molecule has 1 aliphatic rings. The van der Waals surface area contributed by atoms with Crippen molar-refractivity contribution in [3.8, 4) is 0 Å². The first-order valence-corrected chi connectivity index (χ1v) is 5.94. The molecule has 0 aromatic rings. The summed E-state index contributed by atoms with van der Waals surface area (Å²) < 4.78 is 15.8. The molecule has 0 saturated carbocycles. The molecule has 17 heavy (non-hydrogen) atoms. The summed E-state index contributed by atoms with van der Waals surface area (Å²) in [7, 11) is 0. The van der Waals surface area contributed by atoms with Crippen LogP contribution in [0.4, 0.5) is 0 Å². The van der Waals surface area contributed by atoms with Gasteiger partial charge in [-0.05, 0) is 18.8 Å². The molecule has 0 spiro atoms. The van der Waals surface area contributed by atoms with Gasteiger partial charge in [-0.3, -0.25) is 9.59 Å². The molecular weight excluding hydrogens is 224 g/mol. The Bertz CT molecular complexity index is 289. The van der Waals surface area contributed by atoms with Gasteiger partial charge in [-0.1, -0.05) is 13.8 Å². The van der Waals surface area contributed by atoms with Gasteiger partial charge in [-0.15, -0.1) is 0 Å². The molecule has 0 N–H and O–H groups in total. The maximum Gasteiger partial charge on any atom is 0.305 e. The van der Waals surface area contributed by atoms with E-state index in [0.717, 1.165) is 6.42 Å². The second-order valence-corrected chi connectivity index (χ2v) is 4.42. The molecular formula is C12H20O5. The predicted octanol–water partition coefficient (Wildman–Crippen LogP) is 1.64. The number of ether oxygens (including phenoxy) is 3. The van der Waals surface area contributed by atoms with E-state index in [4.69, 9.17) is 14.2 Å². The molecule has 0 amide bonds. The average Bonchev–Trinajstić information content (AvgIpc) is 2.20. The van der Waals surface area contributed by atoms with Crippen molar-refractivity contribution in [3.63, 3.8) is 0 Å². The first-order chi connectivity index (χ1) is 7.93. The Kier molecular flexibility index (Phi) is 4.93. The molecule has 98 valence electrons. The molecule has 1 fully saturated rings. The summed E-state index contributed by atoms with van der Waals surface area (Å²) in [6.07, 6.45) is 0.236. The van der Waals surface area contributed by atoms with Crippen molar-refractivity contribution in [1.29, 1.82) is 0 Å². The summed E-state index contributed by atoms with van der Waals surface area (Å²) in [4.78, 5) is 22.0. The largest absolute Gasteiger partial charge is 0.456 e. The van der Waals surface area contributed by atoms with Gasteiger partial charge in [0.15, 0.2) is 6.10 Å². The summed E-state index contributed by atoms with van der Waals surface area (Å²) in [6, 6.07) is 0. The van der Waals surface area contributed by atoms with Gasteiger partial charge in [0.2, 0.25) is 6.29 Å². The fourth-order valence-corrected chi connectivity index (χ4v) is 2.11. The van der Waals surface area contributed by atoms with Crippen LogP contribution in [0.25, 0.3) is 0 Å². The van der Waals surface area contributed by atoms with Gasteiger partial charge in [0.05, 0.1) is 6.10 Å². The van der Waals surface area contributed by atoms with Crippen molar-refractivity contribution >= 4 is 11.9 Å². The lowest BCUT2D eigenvalue weighted by Crippen LogP contribution is -2.47. The highest BCUT2D eigenvalue weighted by molar-refractivity contribution is 5.67. The number of hydrogen-bond acceptors (Lipinski definition) is 5. The second kappa shape index (κ2) is 6.00. The SMILES string of the molecule is CC[C@H]1OC(OC(C)=O)[C@H](OC(C)=O)C[C@@H]1C. The monoisotopic (exact) mass is 244 g/mol. The molecule has 5 nitrogen and oxygen atoms in total. The third-order valence-electron chi connectivity index (χ3n) is 2.85. The molecule has 1 rings (SSSR count). The molecule has 0 aliphatic carbocycles. The van der Waals surface area contributed by atoms with E-state index in [1.165, 1.54) is 13.8 Å². The molecule has 4 atom stereocenters. The highest BCUT2D eigenvalue weighted by atomic mass is 16.7. The number of rotatable bonds is 3. The van der Waals surface area contributed by atoms with E-state index in [1.807, 2.05) is 13.8 Å². The minimum atomic E-state index is -0.780. The fraction of sp³-hybridized carbons (Fsp3) is 0.833. The summed E-state index contributed by atoms with van der Waals surface area (Å²) in [6.45, 7) is 6.70. The highest BCUT2D eigenvalue weighted by Gasteiger charge is 2.38. The van der Waals surface area contributed by atoms with Crippen LogP contribution < -0.4 is 0 Å². The van der Waals surface area contributed by atoms with Crippen molar-refractivity contribution in [1.82, 2.24) is 0 Å². The van der Waals surface area contributed by atoms with Crippen LogP contribution in [0.5, 0.6) is 0 Å². The van der Waals surface area contributed by atoms with E-state index in [1.54, 1.807) is 0 Å². The van der Waals surface area contributed by atoms with E-state index >= 15 is 0 Å². The Labute approximate surface area is 101 Å². The molecule has 0 bridgehead atoms. The van der Waals surface area contributed by atoms with Crippen molar-refractivity contribution in [2.24, 2.45) is 5.92 Å². The Morgan fingerprint density at radius 1 is 1.24 bits per heavy atom. The molecule has 0 aromatic heterocycles. The van der Waals surface area contributed by atoms with Crippen LogP contribution in [0.2, 0.25) is 0 Å². The van der Waals surface area contributed by atoms with Crippen LogP contribution in [0.3, 0.4) is 0 Å². The maximum absolute atomic E-state index is 11.0. The van der Waals surface area contributed by atoms with Crippen LogP contribution in [0, 0.1) is 5.92 Å². The van der Waals surface area contributed by atoms with E-state index in [0.29, 0.717) is 6.42 Å². The first-order valence-electron chi connectivity index (χ1n) is 5.94. The quantitative estimate of drug-likeness (QED) is 0.706. The molecule has 5 heteroatoms. The van der Waals surface area contributed by atoms with Crippen molar-refractivity contribution in [2.45, 2.75) is 59.0 Å². The first kappa shape index (κ1) is 14.0. The third kappa shape index (κ3) is 4.00. The van der Waals surface area contributed by atoms with Crippen LogP contribution in [0.15, 0.2) is 0 Å². The lowest BCUT2D eigenvalue weighted by atomic mass is 9.92. The topological polar surface area (TPSA) is 61.8 Å². The highest BCUT2D eigenvalue weighted by Crippen LogP contribution is 2.29. The molecule has 1 unspecified atom stereocenters. The van der Waals surface area contributed by atoms with Gasteiger partial charge in [0, 0.05) is 13.8 Å². The lowest BCUT2D eigenvalue weighted by Gasteiger charge is -2.38. The van der Waals surface area contributed by atoms with Crippen molar-refractivity contribution < 1.29 is 23.8 Å². The van der Waals surface area contributed by atoms with Crippen molar-refractivity contribution in [3.05, 3.63) is 0 Å². The van der Waals surface area contributed by atoms with Gasteiger partial charge in [0.1, 0.15) is 0 Å². The molecule has 1 saturated heterocycles. The van der Waals surface area contributed by atoms with Crippen molar-refractivity contribution in [2.75, 3.05) is 0 Å². The summed E-state index contributed by atoms with van der Waals surface area (Å²) in [5, 5.41) is 0. The standard InChI is InChI=1S/C12H20O5/c1-5-10-7(2)6-11(15-8(3)13)12(17-10)16-9(4)14/h7,10-12H,5-6H2,1-4H3/t7-,10+,11+,12?/m0/s1. The zero-order chi connectivity index (χ0) is 13.0. The smallest absolute Gasteiger partial charge is 0.305 e. The number of esters is 2. The van der Waals surface area contributed by atoms with Gasteiger partial charge in [-0.2, -0.15) is 0 Å². The van der Waals surface area contributed by atoms with E-state index in [2.05, 4.69) is 0 Å². The van der Waals surface area contributed by atoms with Crippen LogP contribution in [-0.4, -0.2) is 30.4 Å². The number of hydrogen-bond donors (Lipinski definition) is 0. The van der Waals surface area contributed by atoms with Gasteiger partial charge in [0.25, 0.3) is 0 Å². The Hall–Kier alpha value is -1.10. The number of carbonyl (C=O) groups excluding carboxylic acids is 2. The van der Waals surface area contributed by atoms with E-state index in [-0.39, 0.29) is 12.0 Å². The Morgan fingerprint density at radius 3 is 2.29 bits per heavy atom. The van der Waals surface area contributed by atoms with Crippen LogP contribution in [-0.2, 0) is 23.8 Å². The summed E-state index contributed by atoms with van der Waals surface area (Å²) in [5.41, 5.74) is 0. The normalized spacial score (nSPS) is 32.9. The van der Waals surface area contributed by atoms with E-state index < -0.39 is 24.3 Å². The zero-order valence-corrected chi connectivity index (χ0v) is 10.8. The predicted molar refractivity (Wildman–Crippen MR) is 60.1 cm³/mol. The molecule has 1 aliphatic heterocycles. The second-order valence-electron chi connectivity index (χ2n) is 4.42. The Balaban J connectivity index is 2.70. The number of carbonyl (C=O) groups is 2. The molecule has 0 radical (unpaired) electrons. The molecule has 0 aromatic carbocycles. The minimum Gasteiger partial charge on any atom is -0.456 e. The Morgan fingerprint density at radius 2 is 1.82 bits per heavy atom. The van der Waals surface area contributed by atoms with Crippen LogP contribution in [0.1, 0.15) is 40.5 Å². The zero-order valence-electron chi connectivity index (χ0n) is 10.8. The fourth-order valence-electron chi connectivity index (χ4n) is 2.11. The molecule has 1 heterocycles. The van der Waals surface area contributed by atoms with Gasteiger partial charge in [-0.25, -0.2) is 0 Å². The van der Waals surface area contributed by atoms with E-state index in [9.17, 15) is 9.59 Å². The third-order valence-corrected chi connectivity index (χ3v) is 2.85. The maximum atomic E-state index is 11.0.